The fourth-order valence-corrected chi connectivity index (χ4v) is 2.67. The first kappa shape index (κ1) is 14.4. The highest BCUT2D eigenvalue weighted by Crippen LogP contribution is 2.31. The van der Waals surface area contributed by atoms with Gasteiger partial charge >= 0.3 is 0 Å². The summed E-state index contributed by atoms with van der Waals surface area (Å²) in [7, 11) is 1.77. The number of hydrogen-bond acceptors (Lipinski definition) is 6. The van der Waals surface area contributed by atoms with Crippen molar-refractivity contribution in [1.29, 1.82) is 5.26 Å². The van der Waals surface area contributed by atoms with Gasteiger partial charge in [-0.25, -0.2) is 9.97 Å². The molecule has 2 heterocycles. The van der Waals surface area contributed by atoms with Crippen molar-refractivity contribution >= 4 is 34.9 Å². The van der Waals surface area contributed by atoms with E-state index in [1.54, 1.807) is 11.9 Å². The number of thioether (sulfide) groups is 1. The van der Waals surface area contributed by atoms with Crippen molar-refractivity contribution in [3.63, 3.8) is 0 Å². The minimum Gasteiger partial charge on any atom is -0.339 e. The standard InChI is InChI=1S/C15H13N5OS/c1-20-12-4-3-11(5-9(12)6-13(20)21)18-14-10(7-16)8-17-15(19-14)22-2/h3-5,8H,6H2,1-2H3,(H,17,18,19). The maximum Gasteiger partial charge on any atom is 0.231 e. The van der Waals surface area contributed by atoms with E-state index in [2.05, 4.69) is 21.4 Å². The zero-order valence-corrected chi connectivity index (χ0v) is 12.9. The first-order chi connectivity index (χ1) is 10.6. The molecule has 1 N–H and O–H groups in total. The molecule has 0 fully saturated rings. The van der Waals surface area contributed by atoms with Crippen molar-refractivity contribution in [3.8, 4) is 6.07 Å². The van der Waals surface area contributed by atoms with E-state index in [9.17, 15) is 4.79 Å². The predicted molar refractivity (Wildman–Crippen MR) is 85.4 cm³/mol. The van der Waals surface area contributed by atoms with E-state index in [0.29, 0.717) is 23.0 Å². The van der Waals surface area contributed by atoms with Crippen LogP contribution in [0.25, 0.3) is 0 Å². The Bertz CT molecular complexity index is 799. The molecule has 1 aliphatic heterocycles. The Balaban J connectivity index is 1.93. The van der Waals surface area contributed by atoms with E-state index in [1.807, 2.05) is 24.5 Å². The maximum absolute atomic E-state index is 11.7. The number of rotatable bonds is 3. The quantitative estimate of drug-likeness (QED) is 0.692. The van der Waals surface area contributed by atoms with Gasteiger partial charge in [0.25, 0.3) is 0 Å². The molecule has 3 rings (SSSR count). The molecule has 22 heavy (non-hydrogen) atoms. The van der Waals surface area contributed by atoms with Gasteiger partial charge < -0.3 is 10.2 Å². The van der Waals surface area contributed by atoms with Crippen LogP contribution in [0.5, 0.6) is 0 Å². The number of nitriles is 1. The Morgan fingerprint density at radius 3 is 3.00 bits per heavy atom. The molecule has 2 aromatic rings. The van der Waals surface area contributed by atoms with Crippen LogP contribution in [0, 0.1) is 11.3 Å². The zero-order valence-electron chi connectivity index (χ0n) is 12.1. The molecule has 7 heteroatoms. The molecule has 0 aliphatic carbocycles. The number of amides is 1. The summed E-state index contributed by atoms with van der Waals surface area (Å²) < 4.78 is 0. The highest BCUT2D eigenvalue weighted by Gasteiger charge is 2.24. The third-order valence-corrected chi connectivity index (χ3v) is 4.05. The second-order valence-electron chi connectivity index (χ2n) is 4.83. The van der Waals surface area contributed by atoms with Crippen LogP contribution < -0.4 is 10.2 Å². The molecule has 6 nitrogen and oxygen atoms in total. The highest BCUT2D eigenvalue weighted by atomic mass is 32.2. The number of anilines is 3. The van der Waals surface area contributed by atoms with Crippen LogP contribution in [0.1, 0.15) is 11.1 Å². The van der Waals surface area contributed by atoms with Gasteiger partial charge in [0.05, 0.1) is 12.6 Å². The third-order valence-electron chi connectivity index (χ3n) is 3.49. The Kier molecular flexibility index (Phi) is 3.69. The number of carbonyl (C=O) groups is 1. The summed E-state index contributed by atoms with van der Waals surface area (Å²) in [6.45, 7) is 0. The molecular formula is C15H13N5OS. The Labute approximate surface area is 132 Å². The van der Waals surface area contributed by atoms with Crippen LogP contribution in [0.4, 0.5) is 17.2 Å². The SMILES string of the molecule is CSc1ncc(C#N)c(Nc2ccc3c(c2)CC(=O)N3C)n1. The first-order valence-corrected chi connectivity index (χ1v) is 7.82. The Hall–Kier alpha value is -2.59. The normalized spacial score (nSPS) is 13.0. The number of nitrogens with one attached hydrogen (secondary N) is 1. The van der Waals surface area contributed by atoms with E-state index in [-0.39, 0.29) is 5.91 Å². The molecule has 0 bridgehead atoms. The summed E-state index contributed by atoms with van der Waals surface area (Å²) >= 11 is 1.41. The van der Waals surface area contributed by atoms with Crippen LogP contribution in [-0.2, 0) is 11.2 Å². The number of hydrogen-bond donors (Lipinski definition) is 1. The highest BCUT2D eigenvalue weighted by molar-refractivity contribution is 7.98. The van der Waals surface area contributed by atoms with E-state index in [0.717, 1.165) is 16.9 Å². The lowest BCUT2D eigenvalue weighted by molar-refractivity contribution is -0.117. The van der Waals surface area contributed by atoms with E-state index >= 15 is 0 Å². The van der Waals surface area contributed by atoms with Gasteiger partial charge in [0.2, 0.25) is 5.91 Å². The number of fused-ring (bicyclic) bond motifs is 1. The lowest BCUT2D eigenvalue weighted by Gasteiger charge is -2.12. The minimum absolute atomic E-state index is 0.0802. The van der Waals surface area contributed by atoms with Crippen molar-refractivity contribution in [3.05, 3.63) is 35.5 Å². The van der Waals surface area contributed by atoms with Gasteiger partial charge in [-0.15, -0.1) is 0 Å². The second-order valence-corrected chi connectivity index (χ2v) is 5.60. The third kappa shape index (κ3) is 2.49. The lowest BCUT2D eigenvalue weighted by Crippen LogP contribution is -2.20. The van der Waals surface area contributed by atoms with Crippen LogP contribution in [0.15, 0.2) is 29.6 Å². The molecule has 110 valence electrons. The zero-order chi connectivity index (χ0) is 15.7. The summed E-state index contributed by atoms with van der Waals surface area (Å²) in [5.41, 5.74) is 3.06. The predicted octanol–water partition coefficient (Wildman–Crippen LogP) is 2.33. The average molecular weight is 311 g/mol. The monoisotopic (exact) mass is 311 g/mol. The molecule has 1 aromatic heterocycles. The molecular weight excluding hydrogens is 298 g/mol. The van der Waals surface area contributed by atoms with Gasteiger partial charge in [-0.1, -0.05) is 11.8 Å². The molecule has 0 radical (unpaired) electrons. The van der Waals surface area contributed by atoms with Crippen LogP contribution in [0.2, 0.25) is 0 Å². The fraction of sp³-hybridized carbons (Fsp3) is 0.200. The first-order valence-electron chi connectivity index (χ1n) is 6.60. The molecule has 1 amide bonds. The molecule has 0 unspecified atom stereocenters. The summed E-state index contributed by atoms with van der Waals surface area (Å²) in [5.74, 6) is 0.552. The summed E-state index contributed by atoms with van der Waals surface area (Å²) in [4.78, 5) is 21.8. The van der Waals surface area contributed by atoms with Crippen molar-refractivity contribution in [2.45, 2.75) is 11.6 Å². The van der Waals surface area contributed by atoms with Crippen molar-refractivity contribution in [2.75, 3.05) is 23.5 Å². The average Bonchev–Trinajstić information content (AvgIpc) is 2.81. The van der Waals surface area contributed by atoms with Crippen molar-refractivity contribution in [1.82, 2.24) is 9.97 Å². The van der Waals surface area contributed by atoms with E-state index in [4.69, 9.17) is 5.26 Å². The minimum atomic E-state index is 0.0802. The molecule has 1 aromatic carbocycles. The number of likely N-dealkylation sites (N-methyl/N-ethyl adjacent to an activating group) is 1. The Morgan fingerprint density at radius 2 is 2.27 bits per heavy atom. The molecule has 0 saturated heterocycles. The van der Waals surface area contributed by atoms with Gasteiger partial charge in [-0.3, -0.25) is 4.79 Å². The molecule has 0 spiro atoms. The van der Waals surface area contributed by atoms with E-state index in [1.165, 1.54) is 18.0 Å². The van der Waals surface area contributed by atoms with Crippen LogP contribution in [-0.4, -0.2) is 29.2 Å². The molecule has 0 saturated carbocycles. The largest absolute Gasteiger partial charge is 0.339 e. The Morgan fingerprint density at radius 1 is 1.45 bits per heavy atom. The maximum atomic E-state index is 11.7. The topological polar surface area (TPSA) is 81.9 Å². The smallest absolute Gasteiger partial charge is 0.231 e. The van der Waals surface area contributed by atoms with Crippen molar-refractivity contribution < 1.29 is 4.79 Å². The van der Waals surface area contributed by atoms with E-state index < -0.39 is 0 Å². The lowest BCUT2D eigenvalue weighted by atomic mass is 10.1. The summed E-state index contributed by atoms with van der Waals surface area (Å²) in [6.07, 6.45) is 3.78. The van der Waals surface area contributed by atoms with Gasteiger partial charge in [0, 0.05) is 18.4 Å². The van der Waals surface area contributed by atoms with Gasteiger partial charge in [0.1, 0.15) is 11.6 Å². The second kappa shape index (κ2) is 5.66. The number of carbonyl (C=O) groups excluding carboxylic acids is 1. The van der Waals surface area contributed by atoms with Crippen LogP contribution >= 0.6 is 11.8 Å². The summed E-state index contributed by atoms with van der Waals surface area (Å²) in [5, 5.41) is 12.9. The molecule has 0 atom stereocenters. The molecule has 1 aliphatic rings. The van der Waals surface area contributed by atoms with Crippen molar-refractivity contribution in [2.24, 2.45) is 0 Å². The van der Waals surface area contributed by atoms with Gasteiger partial charge in [0.15, 0.2) is 11.0 Å². The fourth-order valence-electron chi connectivity index (χ4n) is 2.33. The van der Waals surface area contributed by atoms with Gasteiger partial charge in [-0.2, -0.15) is 5.26 Å². The number of aromatic nitrogens is 2. The van der Waals surface area contributed by atoms with Crippen LogP contribution in [0.3, 0.4) is 0 Å². The summed E-state index contributed by atoms with van der Waals surface area (Å²) in [6, 6.07) is 7.76. The number of nitrogens with zero attached hydrogens (tertiary/aromatic N) is 4. The number of benzene rings is 1. The van der Waals surface area contributed by atoms with Gasteiger partial charge in [-0.05, 0) is 30.0 Å².